The molecule has 1 unspecified atom stereocenters. The molecule has 0 spiro atoms. The van der Waals surface area contributed by atoms with Crippen LogP contribution in [-0.2, 0) is 9.53 Å². The fourth-order valence-corrected chi connectivity index (χ4v) is 2.99. The van der Waals surface area contributed by atoms with Gasteiger partial charge in [-0.3, -0.25) is 9.59 Å². The summed E-state index contributed by atoms with van der Waals surface area (Å²) >= 11 is 0. The molecule has 0 saturated carbocycles. The van der Waals surface area contributed by atoms with E-state index in [-0.39, 0.29) is 30.9 Å². The van der Waals surface area contributed by atoms with E-state index in [1.807, 2.05) is 13.8 Å². The van der Waals surface area contributed by atoms with Crippen LogP contribution in [0.25, 0.3) is 0 Å². The molecule has 1 amide bonds. The van der Waals surface area contributed by atoms with Crippen LogP contribution in [0.1, 0.15) is 37.2 Å². The Bertz CT molecular complexity index is 600. The summed E-state index contributed by atoms with van der Waals surface area (Å²) in [5.74, 6) is -0.843. The lowest BCUT2D eigenvalue weighted by molar-refractivity contribution is -0.155. The average molecular weight is 336 g/mol. The first kappa shape index (κ1) is 18.2. The molecule has 1 N–H and O–H groups in total. The van der Waals surface area contributed by atoms with E-state index in [4.69, 9.17) is 9.47 Å². The Kier molecular flexibility index (Phi) is 5.77. The maximum atomic E-state index is 12.9. The number of methoxy groups -OCH3 is 1. The number of likely N-dealkylation sites (tertiary alicyclic amines) is 1. The van der Waals surface area contributed by atoms with Crippen LogP contribution in [0.3, 0.4) is 0 Å². The Morgan fingerprint density at radius 3 is 2.83 bits per heavy atom. The smallest absolute Gasteiger partial charge is 0.313 e. The molecule has 24 heavy (non-hydrogen) atoms. The number of aliphatic carboxylic acids is 1. The highest BCUT2D eigenvalue weighted by atomic mass is 16.5. The van der Waals surface area contributed by atoms with E-state index in [2.05, 4.69) is 4.98 Å². The van der Waals surface area contributed by atoms with Crippen molar-refractivity contribution >= 4 is 11.9 Å². The minimum Gasteiger partial charge on any atom is -0.489 e. The third-order valence-corrected chi connectivity index (χ3v) is 4.07. The minimum absolute atomic E-state index is 0.0731. The second kappa shape index (κ2) is 7.61. The quantitative estimate of drug-likeness (QED) is 0.852. The first-order chi connectivity index (χ1) is 11.4. The molecule has 1 aromatic heterocycles. The van der Waals surface area contributed by atoms with E-state index < -0.39 is 11.4 Å². The van der Waals surface area contributed by atoms with Crippen molar-refractivity contribution in [2.24, 2.45) is 5.41 Å². The second-order valence-electron chi connectivity index (χ2n) is 6.37. The molecule has 2 heterocycles. The van der Waals surface area contributed by atoms with Crippen molar-refractivity contribution in [1.29, 1.82) is 0 Å². The van der Waals surface area contributed by atoms with Crippen molar-refractivity contribution in [2.75, 3.05) is 26.8 Å². The molecule has 1 aliphatic rings. The van der Waals surface area contributed by atoms with Crippen molar-refractivity contribution in [1.82, 2.24) is 9.88 Å². The molecule has 7 nitrogen and oxygen atoms in total. The lowest BCUT2D eigenvalue weighted by Gasteiger charge is -2.39. The van der Waals surface area contributed by atoms with Crippen molar-refractivity contribution in [3.05, 3.63) is 24.0 Å². The molecular weight excluding hydrogens is 312 g/mol. The first-order valence-electron chi connectivity index (χ1n) is 8.03. The number of aromatic nitrogens is 1. The zero-order chi connectivity index (χ0) is 17.7. The first-order valence-corrected chi connectivity index (χ1v) is 8.03. The van der Waals surface area contributed by atoms with Crippen LogP contribution in [0.2, 0.25) is 0 Å². The van der Waals surface area contributed by atoms with E-state index in [0.717, 1.165) is 0 Å². The SMILES string of the molecule is COCC1(C(=O)O)CCCN(C(=O)c2ncccc2OC(C)C)C1. The number of carboxylic acids is 1. The minimum atomic E-state index is -1.07. The highest BCUT2D eigenvalue weighted by Gasteiger charge is 2.44. The number of ether oxygens (including phenoxy) is 2. The monoisotopic (exact) mass is 336 g/mol. The molecular formula is C17H24N2O5. The average Bonchev–Trinajstić information content (AvgIpc) is 2.54. The van der Waals surface area contributed by atoms with E-state index in [9.17, 15) is 14.7 Å². The van der Waals surface area contributed by atoms with Crippen LogP contribution in [0.4, 0.5) is 0 Å². The molecule has 132 valence electrons. The van der Waals surface area contributed by atoms with Crippen molar-refractivity contribution in [3.63, 3.8) is 0 Å². The number of carboxylic acid groups (broad SMARTS) is 1. The van der Waals surface area contributed by atoms with Crippen LogP contribution < -0.4 is 4.74 Å². The molecule has 1 aliphatic heterocycles. The summed E-state index contributed by atoms with van der Waals surface area (Å²) in [5.41, 5.74) is -0.860. The van der Waals surface area contributed by atoms with Gasteiger partial charge in [-0.15, -0.1) is 0 Å². The predicted molar refractivity (Wildman–Crippen MR) is 87.1 cm³/mol. The van der Waals surface area contributed by atoms with Crippen LogP contribution in [-0.4, -0.2) is 59.8 Å². The summed E-state index contributed by atoms with van der Waals surface area (Å²) in [7, 11) is 1.47. The van der Waals surface area contributed by atoms with E-state index >= 15 is 0 Å². The Hall–Kier alpha value is -2.15. The summed E-state index contributed by atoms with van der Waals surface area (Å²) in [6, 6.07) is 3.40. The van der Waals surface area contributed by atoms with Gasteiger partial charge in [0.15, 0.2) is 11.4 Å². The Labute approximate surface area is 141 Å². The van der Waals surface area contributed by atoms with Crippen LogP contribution >= 0.6 is 0 Å². The van der Waals surface area contributed by atoms with Gasteiger partial charge in [-0.1, -0.05) is 0 Å². The molecule has 1 fully saturated rings. The summed E-state index contributed by atoms with van der Waals surface area (Å²) in [5, 5.41) is 9.61. The molecule has 0 radical (unpaired) electrons. The highest BCUT2D eigenvalue weighted by Crippen LogP contribution is 2.32. The number of pyridine rings is 1. The maximum Gasteiger partial charge on any atom is 0.313 e. The predicted octanol–water partition coefficient (Wildman–Crippen LogP) is 1.82. The number of piperidine rings is 1. The van der Waals surface area contributed by atoms with Gasteiger partial charge in [-0.25, -0.2) is 4.98 Å². The van der Waals surface area contributed by atoms with E-state index in [0.29, 0.717) is 25.1 Å². The third kappa shape index (κ3) is 3.84. The number of nitrogens with zero attached hydrogens (tertiary/aromatic N) is 2. The van der Waals surface area contributed by atoms with Crippen LogP contribution in [0.5, 0.6) is 5.75 Å². The lowest BCUT2D eigenvalue weighted by atomic mass is 9.80. The van der Waals surface area contributed by atoms with Crippen LogP contribution in [0.15, 0.2) is 18.3 Å². The van der Waals surface area contributed by atoms with Gasteiger partial charge in [-0.05, 0) is 38.8 Å². The normalized spacial score (nSPS) is 20.9. The standard InChI is InChI=1S/C17H24N2O5/c1-12(2)24-13-6-4-8-18-14(13)15(20)19-9-5-7-17(10-19,11-23-3)16(21)22/h4,6,8,12H,5,7,9-11H2,1-3H3,(H,21,22). The Morgan fingerprint density at radius 2 is 2.21 bits per heavy atom. The Balaban J connectivity index is 2.25. The van der Waals surface area contributed by atoms with Crippen molar-refractivity contribution in [2.45, 2.75) is 32.8 Å². The number of rotatable bonds is 6. The molecule has 0 aliphatic carbocycles. The number of hydrogen-bond donors (Lipinski definition) is 1. The fourth-order valence-electron chi connectivity index (χ4n) is 2.99. The van der Waals surface area contributed by atoms with Gasteiger partial charge in [0, 0.05) is 26.4 Å². The van der Waals surface area contributed by atoms with E-state index in [1.165, 1.54) is 18.2 Å². The molecule has 7 heteroatoms. The van der Waals surface area contributed by atoms with Gasteiger partial charge >= 0.3 is 5.97 Å². The highest BCUT2D eigenvalue weighted by molar-refractivity contribution is 5.95. The fraction of sp³-hybridized carbons (Fsp3) is 0.588. The Morgan fingerprint density at radius 1 is 1.46 bits per heavy atom. The lowest BCUT2D eigenvalue weighted by Crippen LogP contribution is -2.52. The molecule has 0 aromatic carbocycles. The van der Waals surface area contributed by atoms with Gasteiger partial charge in [-0.2, -0.15) is 0 Å². The zero-order valence-corrected chi connectivity index (χ0v) is 14.3. The van der Waals surface area contributed by atoms with Gasteiger partial charge < -0.3 is 19.5 Å². The summed E-state index contributed by atoms with van der Waals surface area (Å²) in [4.78, 5) is 30.3. The number of carbonyl (C=O) groups is 2. The van der Waals surface area contributed by atoms with Gasteiger partial charge in [0.25, 0.3) is 5.91 Å². The summed E-state index contributed by atoms with van der Waals surface area (Å²) in [6.45, 7) is 4.41. The van der Waals surface area contributed by atoms with Gasteiger partial charge in [0.05, 0.1) is 12.7 Å². The molecule has 0 bridgehead atoms. The van der Waals surface area contributed by atoms with E-state index in [1.54, 1.807) is 12.1 Å². The number of carbonyl (C=O) groups excluding carboxylic acids is 1. The van der Waals surface area contributed by atoms with Crippen molar-refractivity contribution < 1.29 is 24.2 Å². The van der Waals surface area contributed by atoms with Gasteiger partial charge in [0.2, 0.25) is 0 Å². The third-order valence-electron chi connectivity index (χ3n) is 4.07. The van der Waals surface area contributed by atoms with Crippen LogP contribution in [0, 0.1) is 5.41 Å². The molecule has 1 atom stereocenters. The topological polar surface area (TPSA) is 89.0 Å². The molecule has 1 saturated heterocycles. The van der Waals surface area contributed by atoms with Crippen molar-refractivity contribution in [3.8, 4) is 5.75 Å². The largest absolute Gasteiger partial charge is 0.489 e. The zero-order valence-electron chi connectivity index (χ0n) is 14.3. The van der Waals surface area contributed by atoms with Gasteiger partial charge in [0.1, 0.15) is 5.41 Å². The number of hydrogen-bond acceptors (Lipinski definition) is 5. The summed E-state index contributed by atoms with van der Waals surface area (Å²) < 4.78 is 10.8. The number of amides is 1. The summed E-state index contributed by atoms with van der Waals surface area (Å²) in [6.07, 6.45) is 2.53. The second-order valence-corrected chi connectivity index (χ2v) is 6.37. The molecule has 2 rings (SSSR count). The molecule has 1 aromatic rings. The maximum absolute atomic E-state index is 12.9.